The average molecular weight is 171 g/mol. The van der Waals surface area contributed by atoms with Crippen molar-refractivity contribution in [3.05, 3.63) is 0 Å². The summed E-state index contributed by atoms with van der Waals surface area (Å²) >= 11 is 0. The average Bonchev–Trinajstić information content (AvgIpc) is 2.82. The first-order chi connectivity index (χ1) is 5.67. The molecule has 1 unspecified atom stereocenters. The van der Waals surface area contributed by atoms with Gasteiger partial charge in [-0.25, -0.2) is 0 Å². The minimum absolute atomic E-state index is 0.259. The molecule has 1 fully saturated rings. The first-order valence-corrected chi connectivity index (χ1v) is 4.86. The van der Waals surface area contributed by atoms with Crippen molar-refractivity contribution < 1.29 is 4.74 Å². The van der Waals surface area contributed by atoms with Gasteiger partial charge in [-0.3, -0.25) is 0 Å². The van der Waals surface area contributed by atoms with Crippen molar-refractivity contribution in [3.63, 3.8) is 0 Å². The molecule has 2 N–H and O–H groups in total. The lowest BCUT2D eigenvalue weighted by atomic mass is 9.73. The smallest absolute Gasteiger partial charge is 0.0535 e. The fraction of sp³-hybridized carbons (Fsp3) is 1.00. The molecule has 0 amide bonds. The fourth-order valence-corrected chi connectivity index (χ4v) is 2.14. The molecule has 12 heavy (non-hydrogen) atoms. The van der Waals surface area contributed by atoms with Crippen LogP contribution >= 0.6 is 0 Å². The topological polar surface area (TPSA) is 35.2 Å². The summed E-state index contributed by atoms with van der Waals surface area (Å²) in [6.45, 7) is 6.10. The molecule has 0 saturated heterocycles. The Hall–Kier alpha value is -0.0800. The molecule has 1 saturated carbocycles. The van der Waals surface area contributed by atoms with E-state index in [4.69, 9.17) is 10.5 Å². The predicted molar refractivity (Wildman–Crippen MR) is 50.9 cm³/mol. The zero-order valence-electron chi connectivity index (χ0n) is 8.47. The molecule has 0 radical (unpaired) electrons. The van der Waals surface area contributed by atoms with Crippen molar-refractivity contribution in [1.82, 2.24) is 0 Å². The van der Waals surface area contributed by atoms with Crippen LogP contribution in [0, 0.1) is 17.3 Å². The van der Waals surface area contributed by atoms with E-state index in [1.807, 2.05) is 0 Å². The Bertz CT molecular complexity index is 139. The van der Waals surface area contributed by atoms with Gasteiger partial charge in [0.15, 0.2) is 0 Å². The van der Waals surface area contributed by atoms with Gasteiger partial charge < -0.3 is 10.5 Å². The summed E-state index contributed by atoms with van der Waals surface area (Å²) in [4.78, 5) is 0. The molecule has 0 bridgehead atoms. The molecule has 0 aliphatic heterocycles. The molecule has 0 aromatic carbocycles. The first-order valence-electron chi connectivity index (χ1n) is 4.86. The largest absolute Gasteiger partial charge is 0.384 e. The molecule has 1 rings (SSSR count). The van der Waals surface area contributed by atoms with Crippen LogP contribution in [0.25, 0.3) is 0 Å². The van der Waals surface area contributed by atoms with Crippen molar-refractivity contribution in [3.8, 4) is 0 Å². The minimum Gasteiger partial charge on any atom is -0.384 e. The molecule has 2 nitrogen and oxygen atoms in total. The van der Waals surface area contributed by atoms with E-state index in [1.54, 1.807) is 7.11 Å². The Labute approximate surface area is 75.5 Å². The summed E-state index contributed by atoms with van der Waals surface area (Å²) < 4.78 is 5.28. The van der Waals surface area contributed by atoms with Gasteiger partial charge in [0.05, 0.1) is 6.61 Å². The van der Waals surface area contributed by atoms with E-state index in [0.29, 0.717) is 5.92 Å². The number of rotatable bonds is 5. The van der Waals surface area contributed by atoms with Gasteiger partial charge in [-0.15, -0.1) is 0 Å². The molecule has 2 heteroatoms. The van der Waals surface area contributed by atoms with Gasteiger partial charge in [0.1, 0.15) is 0 Å². The van der Waals surface area contributed by atoms with E-state index in [-0.39, 0.29) is 5.41 Å². The number of methoxy groups -OCH3 is 1. The molecule has 0 aromatic heterocycles. The van der Waals surface area contributed by atoms with Gasteiger partial charge in [0.25, 0.3) is 0 Å². The summed E-state index contributed by atoms with van der Waals surface area (Å²) in [7, 11) is 1.77. The summed E-state index contributed by atoms with van der Waals surface area (Å²) in [6.07, 6.45) is 2.69. The maximum atomic E-state index is 5.86. The van der Waals surface area contributed by atoms with Crippen LogP contribution < -0.4 is 5.73 Å². The lowest BCUT2D eigenvalue weighted by Gasteiger charge is -2.36. The van der Waals surface area contributed by atoms with E-state index >= 15 is 0 Å². The third-order valence-corrected chi connectivity index (χ3v) is 3.33. The van der Waals surface area contributed by atoms with Gasteiger partial charge in [0.2, 0.25) is 0 Å². The Balaban J connectivity index is 2.64. The van der Waals surface area contributed by atoms with E-state index < -0.39 is 0 Å². The Morgan fingerprint density at radius 1 is 1.50 bits per heavy atom. The lowest BCUT2D eigenvalue weighted by Crippen LogP contribution is -2.41. The number of ether oxygens (including phenoxy) is 1. The van der Waals surface area contributed by atoms with Crippen molar-refractivity contribution in [2.75, 3.05) is 20.3 Å². The Kier molecular flexibility index (Phi) is 3.13. The highest BCUT2D eigenvalue weighted by Crippen LogP contribution is 2.49. The summed E-state index contributed by atoms with van der Waals surface area (Å²) in [5.41, 5.74) is 6.11. The van der Waals surface area contributed by atoms with Crippen LogP contribution in [0.15, 0.2) is 0 Å². The molecule has 1 aliphatic carbocycles. The quantitative estimate of drug-likeness (QED) is 0.682. The zero-order valence-corrected chi connectivity index (χ0v) is 8.47. The van der Waals surface area contributed by atoms with E-state index in [2.05, 4.69) is 13.8 Å². The van der Waals surface area contributed by atoms with E-state index in [1.165, 1.54) is 12.8 Å². The van der Waals surface area contributed by atoms with Crippen molar-refractivity contribution in [1.29, 1.82) is 0 Å². The van der Waals surface area contributed by atoms with Gasteiger partial charge in [0, 0.05) is 19.1 Å². The molecular formula is C10H21NO. The SMILES string of the molecule is COCC(CN)(C(C)C)C1CC1. The Morgan fingerprint density at radius 3 is 2.33 bits per heavy atom. The second kappa shape index (κ2) is 3.75. The van der Waals surface area contributed by atoms with Crippen LogP contribution in [0.5, 0.6) is 0 Å². The normalized spacial score (nSPS) is 22.8. The summed E-state index contributed by atoms with van der Waals surface area (Å²) in [5, 5.41) is 0. The Morgan fingerprint density at radius 2 is 2.08 bits per heavy atom. The van der Waals surface area contributed by atoms with Gasteiger partial charge >= 0.3 is 0 Å². The fourth-order valence-electron chi connectivity index (χ4n) is 2.14. The third kappa shape index (κ3) is 1.64. The second-order valence-corrected chi connectivity index (χ2v) is 4.30. The van der Waals surface area contributed by atoms with E-state index in [0.717, 1.165) is 19.1 Å². The second-order valence-electron chi connectivity index (χ2n) is 4.30. The summed E-state index contributed by atoms with van der Waals surface area (Å²) in [5.74, 6) is 1.46. The molecule has 72 valence electrons. The molecule has 0 spiro atoms. The monoisotopic (exact) mass is 171 g/mol. The number of nitrogens with two attached hydrogens (primary N) is 1. The molecule has 0 aromatic rings. The van der Waals surface area contributed by atoms with Crippen LogP contribution in [-0.2, 0) is 4.74 Å². The number of hydrogen-bond donors (Lipinski definition) is 1. The van der Waals surface area contributed by atoms with E-state index in [9.17, 15) is 0 Å². The van der Waals surface area contributed by atoms with Gasteiger partial charge in [-0.1, -0.05) is 13.8 Å². The number of hydrogen-bond acceptors (Lipinski definition) is 2. The van der Waals surface area contributed by atoms with Crippen LogP contribution in [0.4, 0.5) is 0 Å². The van der Waals surface area contributed by atoms with Crippen LogP contribution in [0.2, 0.25) is 0 Å². The summed E-state index contributed by atoms with van der Waals surface area (Å²) in [6, 6.07) is 0. The lowest BCUT2D eigenvalue weighted by molar-refractivity contribution is 0.0313. The zero-order chi connectivity index (χ0) is 9.19. The molecule has 0 heterocycles. The highest BCUT2D eigenvalue weighted by atomic mass is 16.5. The molecular weight excluding hydrogens is 150 g/mol. The highest BCUT2D eigenvalue weighted by molar-refractivity contribution is 4.96. The first kappa shape index (κ1) is 10.0. The third-order valence-electron chi connectivity index (χ3n) is 3.33. The van der Waals surface area contributed by atoms with Crippen LogP contribution in [0.3, 0.4) is 0 Å². The van der Waals surface area contributed by atoms with Gasteiger partial charge in [-0.05, 0) is 24.7 Å². The van der Waals surface area contributed by atoms with Crippen molar-refractivity contribution >= 4 is 0 Å². The van der Waals surface area contributed by atoms with Crippen molar-refractivity contribution in [2.24, 2.45) is 23.0 Å². The minimum atomic E-state index is 0.259. The molecule has 1 atom stereocenters. The highest BCUT2D eigenvalue weighted by Gasteiger charge is 2.46. The standard InChI is InChI=1S/C10H21NO/c1-8(2)10(6-11,7-12-3)9-4-5-9/h8-9H,4-7,11H2,1-3H3. The van der Waals surface area contributed by atoms with Crippen LogP contribution in [0.1, 0.15) is 26.7 Å². The van der Waals surface area contributed by atoms with Crippen LogP contribution in [-0.4, -0.2) is 20.3 Å². The predicted octanol–water partition coefficient (Wildman–Crippen LogP) is 1.64. The van der Waals surface area contributed by atoms with Gasteiger partial charge in [-0.2, -0.15) is 0 Å². The maximum Gasteiger partial charge on any atom is 0.0535 e. The maximum absolute atomic E-state index is 5.86. The molecule has 1 aliphatic rings. The van der Waals surface area contributed by atoms with Crippen molar-refractivity contribution in [2.45, 2.75) is 26.7 Å².